The fourth-order valence-electron chi connectivity index (χ4n) is 3.14. The van der Waals surface area contributed by atoms with Gasteiger partial charge in [-0.1, -0.05) is 25.5 Å². The molecule has 0 radical (unpaired) electrons. The van der Waals surface area contributed by atoms with Crippen molar-refractivity contribution in [2.24, 2.45) is 5.92 Å². The summed E-state index contributed by atoms with van der Waals surface area (Å²) < 4.78 is 5.67. The Bertz CT molecular complexity index is 489. The first kappa shape index (κ1) is 16.6. The van der Waals surface area contributed by atoms with Crippen molar-refractivity contribution in [1.29, 1.82) is 5.26 Å². The van der Waals surface area contributed by atoms with Gasteiger partial charge in [0.15, 0.2) is 0 Å². The van der Waals surface area contributed by atoms with Crippen molar-refractivity contribution in [2.45, 2.75) is 57.8 Å². The first-order valence-electron chi connectivity index (χ1n) is 8.60. The molecule has 1 aromatic rings. The molecule has 2 rings (SSSR count). The number of hydrogen-bond acceptors (Lipinski definition) is 2. The molecule has 22 heavy (non-hydrogen) atoms. The Hall–Kier alpha value is -1.75. The van der Waals surface area contributed by atoms with Crippen molar-refractivity contribution in [2.75, 3.05) is 6.61 Å². The molecule has 2 nitrogen and oxygen atoms in total. The molecule has 0 saturated heterocycles. The van der Waals surface area contributed by atoms with Crippen molar-refractivity contribution < 1.29 is 4.74 Å². The van der Waals surface area contributed by atoms with Crippen LogP contribution in [0.5, 0.6) is 0 Å². The minimum absolute atomic E-state index is 0.657. The van der Waals surface area contributed by atoms with Gasteiger partial charge in [-0.3, -0.25) is 0 Å². The second kappa shape index (κ2) is 9.30. The highest BCUT2D eigenvalue weighted by molar-refractivity contribution is 5.33. The number of ether oxygens (including phenoxy) is 1. The number of nitrogens with zero attached hydrogens (tertiary/aromatic N) is 1. The molecular formula is C20H27NO. The van der Waals surface area contributed by atoms with Gasteiger partial charge < -0.3 is 4.74 Å². The zero-order chi connectivity index (χ0) is 15.6. The number of hydrogen-bond donors (Lipinski definition) is 0. The van der Waals surface area contributed by atoms with Gasteiger partial charge in [0.1, 0.15) is 0 Å². The first-order valence-corrected chi connectivity index (χ1v) is 8.60. The van der Waals surface area contributed by atoms with Crippen molar-refractivity contribution in [1.82, 2.24) is 0 Å². The standard InChI is InChI=1S/C20H27NO/c1-2-3-4-5-14-22-16-18-8-12-20(13-9-18)19-10-6-17(15-21)7-11-19/h5-7,10-11,14,18,20H,2-4,8-9,12-13,16H2,1H3. The average Bonchev–Trinajstić information content (AvgIpc) is 2.59. The van der Waals surface area contributed by atoms with E-state index in [1.165, 1.54) is 44.1 Å². The van der Waals surface area contributed by atoms with Crippen LogP contribution in [0, 0.1) is 17.2 Å². The van der Waals surface area contributed by atoms with Crippen LogP contribution >= 0.6 is 0 Å². The maximum absolute atomic E-state index is 8.85. The highest BCUT2D eigenvalue weighted by atomic mass is 16.5. The summed E-state index contributed by atoms with van der Waals surface area (Å²) in [7, 11) is 0. The van der Waals surface area contributed by atoms with Crippen molar-refractivity contribution in [3.63, 3.8) is 0 Å². The molecule has 1 aliphatic rings. The maximum atomic E-state index is 8.85. The van der Waals surface area contributed by atoms with Gasteiger partial charge in [0, 0.05) is 0 Å². The van der Waals surface area contributed by atoms with E-state index in [1.807, 2.05) is 18.4 Å². The zero-order valence-corrected chi connectivity index (χ0v) is 13.6. The Balaban J connectivity index is 1.69. The second-order valence-electron chi connectivity index (χ2n) is 6.30. The largest absolute Gasteiger partial charge is 0.501 e. The predicted molar refractivity (Wildman–Crippen MR) is 90.5 cm³/mol. The molecular weight excluding hydrogens is 270 g/mol. The molecule has 0 spiro atoms. The van der Waals surface area contributed by atoms with E-state index in [-0.39, 0.29) is 0 Å². The quantitative estimate of drug-likeness (QED) is 0.488. The van der Waals surface area contributed by atoms with E-state index >= 15 is 0 Å². The molecule has 0 heterocycles. The Morgan fingerprint density at radius 1 is 1.18 bits per heavy atom. The highest BCUT2D eigenvalue weighted by Crippen LogP contribution is 2.35. The van der Waals surface area contributed by atoms with Gasteiger partial charge in [-0.2, -0.15) is 5.26 Å². The lowest BCUT2D eigenvalue weighted by Crippen LogP contribution is -2.17. The Morgan fingerprint density at radius 2 is 1.91 bits per heavy atom. The van der Waals surface area contributed by atoms with E-state index in [9.17, 15) is 0 Å². The van der Waals surface area contributed by atoms with Crippen LogP contribution in [0.1, 0.15) is 68.9 Å². The fraction of sp³-hybridized carbons (Fsp3) is 0.550. The SMILES string of the molecule is CCCCC=COCC1CCC(c2ccc(C#N)cc2)CC1. The Morgan fingerprint density at radius 3 is 2.55 bits per heavy atom. The van der Waals surface area contributed by atoms with Crippen LogP contribution in [0.4, 0.5) is 0 Å². The number of nitriles is 1. The second-order valence-corrected chi connectivity index (χ2v) is 6.30. The molecule has 118 valence electrons. The summed E-state index contributed by atoms with van der Waals surface area (Å²) in [6.07, 6.45) is 12.6. The van der Waals surface area contributed by atoms with Gasteiger partial charge in [0.05, 0.1) is 24.5 Å². The summed E-state index contributed by atoms with van der Waals surface area (Å²) in [5.41, 5.74) is 2.14. The third-order valence-electron chi connectivity index (χ3n) is 4.61. The number of unbranched alkanes of at least 4 members (excludes halogenated alkanes) is 2. The molecule has 1 aromatic carbocycles. The smallest absolute Gasteiger partial charge is 0.0991 e. The van der Waals surface area contributed by atoms with Crippen LogP contribution in [0.3, 0.4) is 0 Å². The minimum Gasteiger partial charge on any atom is -0.501 e. The Labute approximate surface area is 134 Å². The predicted octanol–water partition coefficient (Wildman–Crippen LogP) is 5.55. The molecule has 1 fully saturated rings. The van der Waals surface area contributed by atoms with E-state index in [0.717, 1.165) is 18.6 Å². The van der Waals surface area contributed by atoms with Crippen molar-refractivity contribution in [3.8, 4) is 6.07 Å². The molecule has 0 bridgehead atoms. The lowest BCUT2D eigenvalue weighted by Gasteiger charge is -2.28. The summed E-state index contributed by atoms with van der Waals surface area (Å²) >= 11 is 0. The van der Waals surface area contributed by atoms with E-state index in [2.05, 4.69) is 31.2 Å². The monoisotopic (exact) mass is 297 g/mol. The molecule has 1 saturated carbocycles. The van der Waals surface area contributed by atoms with Crippen LogP contribution in [-0.2, 0) is 4.74 Å². The molecule has 2 heteroatoms. The fourth-order valence-corrected chi connectivity index (χ4v) is 3.14. The first-order chi connectivity index (χ1) is 10.8. The third-order valence-corrected chi connectivity index (χ3v) is 4.61. The van der Waals surface area contributed by atoms with Gasteiger partial charge in [-0.15, -0.1) is 0 Å². The van der Waals surface area contributed by atoms with E-state index in [4.69, 9.17) is 10.00 Å². The van der Waals surface area contributed by atoms with E-state index < -0.39 is 0 Å². The normalized spacial score (nSPS) is 21.6. The molecule has 0 aliphatic heterocycles. The van der Waals surface area contributed by atoms with Gasteiger partial charge >= 0.3 is 0 Å². The lowest BCUT2D eigenvalue weighted by molar-refractivity contribution is 0.159. The molecule has 0 amide bonds. The van der Waals surface area contributed by atoms with Crippen molar-refractivity contribution in [3.05, 3.63) is 47.7 Å². The lowest BCUT2D eigenvalue weighted by atomic mass is 9.79. The molecule has 0 unspecified atom stereocenters. The minimum atomic E-state index is 0.657. The van der Waals surface area contributed by atoms with Gasteiger partial charge in [0.25, 0.3) is 0 Å². The van der Waals surface area contributed by atoms with Gasteiger partial charge in [-0.25, -0.2) is 0 Å². The topological polar surface area (TPSA) is 33.0 Å². The number of rotatable bonds is 7. The highest BCUT2D eigenvalue weighted by Gasteiger charge is 2.22. The summed E-state index contributed by atoms with van der Waals surface area (Å²) in [6, 6.07) is 10.3. The van der Waals surface area contributed by atoms with E-state index in [1.54, 1.807) is 0 Å². The van der Waals surface area contributed by atoms with Gasteiger partial charge in [-0.05, 0) is 74.1 Å². The average molecular weight is 297 g/mol. The van der Waals surface area contributed by atoms with Crippen molar-refractivity contribution >= 4 is 0 Å². The van der Waals surface area contributed by atoms with Crippen LogP contribution < -0.4 is 0 Å². The number of benzene rings is 1. The molecule has 0 N–H and O–H groups in total. The maximum Gasteiger partial charge on any atom is 0.0991 e. The summed E-state index contributed by atoms with van der Waals surface area (Å²) in [5, 5.41) is 8.85. The van der Waals surface area contributed by atoms with E-state index in [0.29, 0.717) is 11.8 Å². The van der Waals surface area contributed by atoms with Crippen LogP contribution in [0.15, 0.2) is 36.6 Å². The summed E-state index contributed by atoms with van der Waals surface area (Å²) in [6.45, 7) is 3.07. The zero-order valence-electron chi connectivity index (χ0n) is 13.6. The van der Waals surface area contributed by atoms with Crippen LogP contribution in [-0.4, -0.2) is 6.61 Å². The van der Waals surface area contributed by atoms with Gasteiger partial charge in [0.2, 0.25) is 0 Å². The molecule has 1 aliphatic carbocycles. The summed E-state index contributed by atoms with van der Waals surface area (Å²) in [4.78, 5) is 0. The molecule has 0 atom stereocenters. The van der Waals surface area contributed by atoms with Crippen LogP contribution in [0.25, 0.3) is 0 Å². The van der Waals surface area contributed by atoms with Crippen LogP contribution in [0.2, 0.25) is 0 Å². The summed E-state index contributed by atoms with van der Waals surface area (Å²) in [5.74, 6) is 1.36. The number of allylic oxidation sites excluding steroid dienone is 1. The molecule has 0 aromatic heterocycles. The Kier molecular flexibility index (Phi) is 7.03. The third kappa shape index (κ3) is 5.22.